The Morgan fingerprint density at radius 2 is 1.52 bits per heavy atom. The van der Waals surface area contributed by atoms with Crippen LogP contribution in [0.1, 0.15) is 48.8 Å². The first-order valence-electron chi connectivity index (χ1n) is 10.2. The molecule has 2 aromatic rings. The van der Waals surface area contributed by atoms with Crippen molar-refractivity contribution in [2.45, 2.75) is 37.6 Å². The summed E-state index contributed by atoms with van der Waals surface area (Å²) < 4.78 is 26.2. The summed E-state index contributed by atoms with van der Waals surface area (Å²) in [5, 5.41) is 2.86. The molecule has 0 bridgehead atoms. The molecule has 2 heterocycles. The van der Waals surface area contributed by atoms with Gasteiger partial charge in [0.05, 0.1) is 0 Å². The fourth-order valence-corrected chi connectivity index (χ4v) is 4.15. The average molecular weight is 397 g/mol. The Bertz CT molecular complexity index is 872. The van der Waals surface area contributed by atoms with E-state index in [1.807, 2.05) is 12.1 Å². The first-order valence-corrected chi connectivity index (χ1v) is 10.2. The van der Waals surface area contributed by atoms with Crippen molar-refractivity contribution >= 4 is 11.7 Å². The number of benzene rings is 2. The minimum atomic E-state index is -0.572. The van der Waals surface area contributed by atoms with E-state index in [2.05, 4.69) is 15.2 Å². The van der Waals surface area contributed by atoms with Gasteiger partial charge in [-0.2, -0.15) is 0 Å². The first-order chi connectivity index (χ1) is 14.1. The van der Waals surface area contributed by atoms with Gasteiger partial charge in [0.1, 0.15) is 17.5 Å². The second kappa shape index (κ2) is 8.82. The number of amidine groups is 1. The molecule has 0 spiro atoms. The number of halogens is 2. The highest BCUT2D eigenvalue weighted by Gasteiger charge is 2.27. The van der Waals surface area contributed by atoms with Gasteiger partial charge in [0.15, 0.2) is 6.04 Å². The molecule has 6 heteroatoms. The van der Waals surface area contributed by atoms with Gasteiger partial charge >= 0.3 is 0 Å². The summed E-state index contributed by atoms with van der Waals surface area (Å²) in [5.41, 5.74) is 1.93. The van der Waals surface area contributed by atoms with Crippen LogP contribution in [0.25, 0.3) is 0 Å². The van der Waals surface area contributed by atoms with Crippen LogP contribution in [0.3, 0.4) is 0 Å². The summed E-state index contributed by atoms with van der Waals surface area (Å²) in [6.45, 7) is 3.02. The first kappa shape index (κ1) is 19.7. The topological polar surface area (TPSA) is 44.7 Å². The van der Waals surface area contributed by atoms with Crippen molar-refractivity contribution in [1.82, 2.24) is 10.2 Å². The molecular weight excluding hydrogens is 372 g/mol. The summed E-state index contributed by atoms with van der Waals surface area (Å²) in [4.78, 5) is 19.1. The number of aliphatic imine (C=N–C) groups is 1. The standard InChI is InChI=1S/C23H25F2N3O/c24-19-7-3-16(4-8-19)17-11-14-28(15-12-17)13-1-2-21-26-22(23(29)27-21)18-5-9-20(25)10-6-18/h3-10,17,22H,1-2,11-15H2,(H,26,27,29). The van der Waals surface area contributed by atoms with E-state index in [1.165, 1.54) is 29.8 Å². The lowest BCUT2D eigenvalue weighted by molar-refractivity contribution is -0.120. The van der Waals surface area contributed by atoms with Crippen molar-refractivity contribution in [1.29, 1.82) is 0 Å². The Morgan fingerprint density at radius 3 is 2.14 bits per heavy atom. The Balaban J connectivity index is 1.23. The van der Waals surface area contributed by atoms with Crippen LogP contribution in [-0.4, -0.2) is 36.3 Å². The molecule has 0 aromatic heterocycles. The van der Waals surface area contributed by atoms with Gasteiger partial charge in [-0.1, -0.05) is 24.3 Å². The predicted molar refractivity (Wildman–Crippen MR) is 109 cm³/mol. The van der Waals surface area contributed by atoms with Crippen LogP contribution < -0.4 is 5.32 Å². The molecular formula is C23H25F2N3O. The quantitative estimate of drug-likeness (QED) is 0.794. The lowest BCUT2D eigenvalue weighted by atomic mass is 9.89. The van der Waals surface area contributed by atoms with Gasteiger partial charge in [0.25, 0.3) is 5.91 Å². The molecule has 0 radical (unpaired) electrons. The lowest BCUT2D eigenvalue weighted by Crippen LogP contribution is -2.34. The van der Waals surface area contributed by atoms with Gasteiger partial charge in [0.2, 0.25) is 0 Å². The highest BCUT2D eigenvalue weighted by Crippen LogP contribution is 2.28. The largest absolute Gasteiger partial charge is 0.312 e. The average Bonchev–Trinajstić information content (AvgIpc) is 3.10. The van der Waals surface area contributed by atoms with Gasteiger partial charge in [-0.05, 0) is 80.2 Å². The zero-order chi connectivity index (χ0) is 20.2. The monoisotopic (exact) mass is 397 g/mol. The maximum absolute atomic E-state index is 13.1. The summed E-state index contributed by atoms with van der Waals surface area (Å²) in [5.74, 6) is 0.563. The molecule has 0 saturated carbocycles. The summed E-state index contributed by atoms with van der Waals surface area (Å²) in [7, 11) is 0. The molecule has 4 rings (SSSR count). The molecule has 152 valence electrons. The summed E-state index contributed by atoms with van der Waals surface area (Å²) in [6.07, 6.45) is 3.81. The molecule has 1 atom stereocenters. The third-order valence-electron chi connectivity index (χ3n) is 5.80. The Kier molecular flexibility index (Phi) is 6.00. The molecule has 0 aliphatic carbocycles. The molecule has 1 N–H and O–H groups in total. The van der Waals surface area contributed by atoms with Crippen LogP contribution in [0.4, 0.5) is 8.78 Å². The van der Waals surface area contributed by atoms with Crippen LogP contribution >= 0.6 is 0 Å². The Labute approximate surface area is 169 Å². The van der Waals surface area contributed by atoms with Crippen LogP contribution in [-0.2, 0) is 4.79 Å². The molecule has 4 nitrogen and oxygen atoms in total. The highest BCUT2D eigenvalue weighted by atomic mass is 19.1. The smallest absolute Gasteiger partial charge is 0.254 e. The zero-order valence-electron chi connectivity index (χ0n) is 16.3. The van der Waals surface area contributed by atoms with E-state index < -0.39 is 6.04 Å². The third kappa shape index (κ3) is 4.88. The number of likely N-dealkylation sites (tertiary alicyclic amines) is 1. The molecule has 2 aliphatic rings. The molecule has 1 saturated heterocycles. The number of piperidine rings is 1. The predicted octanol–water partition coefficient (Wildman–Crippen LogP) is 4.19. The number of nitrogens with one attached hydrogen (secondary N) is 1. The minimum Gasteiger partial charge on any atom is -0.312 e. The van der Waals surface area contributed by atoms with Gasteiger partial charge in [-0.25, -0.2) is 8.78 Å². The molecule has 2 aliphatic heterocycles. The van der Waals surface area contributed by atoms with Gasteiger partial charge in [0, 0.05) is 6.42 Å². The van der Waals surface area contributed by atoms with E-state index >= 15 is 0 Å². The molecule has 1 amide bonds. The highest BCUT2D eigenvalue weighted by molar-refractivity contribution is 6.06. The number of nitrogens with zero attached hydrogens (tertiary/aromatic N) is 2. The fourth-order valence-electron chi connectivity index (χ4n) is 4.15. The number of hydrogen-bond donors (Lipinski definition) is 1. The second-order valence-corrected chi connectivity index (χ2v) is 7.79. The molecule has 29 heavy (non-hydrogen) atoms. The molecule has 1 unspecified atom stereocenters. The fraction of sp³-hybridized carbons (Fsp3) is 0.391. The van der Waals surface area contributed by atoms with Gasteiger partial charge in [-0.15, -0.1) is 0 Å². The minimum absolute atomic E-state index is 0.147. The Hall–Kier alpha value is -2.60. The van der Waals surface area contributed by atoms with E-state index in [9.17, 15) is 13.6 Å². The summed E-state index contributed by atoms with van der Waals surface area (Å²) >= 11 is 0. The van der Waals surface area contributed by atoms with Crippen LogP contribution in [0.15, 0.2) is 53.5 Å². The number of hydrogen-bond acceptors (Lipinski definition) is 3. The van der Waals surface area contributed by atoms with E-state index in [-0.39, 0.29) is 17.5 Å². The van der Waals surface area contributed by atoms with Crippen LogP contribution in [0.5, 0.6) is 0 Å². The van der Waals surface area contributed by atoms with Crippen molar-refractivity contribution in [3.8, 4) is 0 Å². The van der Waals surface area contributed by atoms with Crippen LogP contribution in [0.2, 0.25) is 0 Å². The maximum atomic E-state index is 13.1. The maximum Gasteiger partial charge on any atom is 0.254 e. The van der Waals surface area contributed by atoms with Crippen molar-refractivity contribution in [3.63, 3.8) is 0 Å². The Morgan fingerprint density at radius 1 is 0.931 bits per heavy atom. The van der Waals surface area contributed by atoms with Crippen molar-refractivity contribution in [2.75, 3.05) is 19.6 Å². The van der Waals surface area contributed by atoms with E-state index in [0.717, 1.165) is 45.3 Å². The lowest BCUT2D eigenvalue weighted by Gasteiger charge is -2.32. The summed E-state index contributed by atoms with van der Waals surface area (Å²) in [6, 6.07) is 12.2. The SMILES string of the molecule is O=C1NC(CCCN2CCC(c3ccc(F)cc3)CC2)=NC1c1ccc(F)cc1. The van der Waals surface area contributed by atoms with Gasteiger partial charge in [-0.3, -0.25) is 9.79 Å². The molecule has 2 aromatic carbocycles. The van der Waals surface area contributed by atoms with E-state index in [4.69, 9.17) is 0 Å². The van der Waals surface area contributed by atoms with Crippen molar-refractivity contribution in [2.24, 2.45) is 4.99 Å². The van der Waals surface area contributed by atoms with Crippen molar-refractivity contribution < 1.29 is 13.6 Å². The number of carbonyl (C=O) groups excluding carboxylic acids is 1. The zero-order valence-corrected chi connectivity index (χ0v) is 16.3. The number of amides is 1. The molecule has 1 fully saturated rings. The van der Waals surface area contributed by atoms with Crippen LogP contribution in [0, 0.1) is 11.6 Å². The third-order valence-corrected chi connectivity index (χ3v) is 5.80. The van der Waals surface area contributed by atoms with Crippen molar-refractivity contribution in [3.05, 3.63) is 71.3 Å². The number of rotatable bonds is 6. The second-order valence-electron chi connectivity index (χ2n) is 7.79. The van der Waals surface area contributed by atoms with E-state index in [0.29, 0.717) is 17.3 Å². The normalized spacial score (nSPS) is 20.6. The van der Waals surface area contributed by atoms with E-state index in [1.54, 1.807) is 12.1 Å². The number of carbonyl (C=O) groups is 1. The van der Waals surface area contributed by atoms with Gasteiger partial charge < -0.3 is 10.2 Å².